The largest absolute Gasteiger partial charge is 0.376 e. The predicted molar refractivity (Wildman–Crippen MR) is 88.8 cm³/mol. The van der Waals surface area contributed by atoms with Crippen LogP contribution in [0.3, 0.4) is 0 Å². The molecule has 0 amide bonds. The van der Waals surface area contributed by atoms with Crippen molar-refractivity contribution < 1.29 is 4.74 Å². The second-order valence-corrected chi connectivity index (χ2v) is 8.00. The normalized spacial score (nSPS) is 30.1. The van der Waals surface area contributed by atoms with Crippen molar-refractivity contribution in [1.82, 2.24) is 15.1 Å². The van der Waals surface area contributed by atoms with E-state index < -0.39 is 0 Å². The molecular formula is C17H35N3O. The van der Waals surface area contributed by atoms with E-state index in [1.807, 2.05) is 0 Å². The van der Waals surface area contributed by atoms with Gasteiger partial charge in [-0.15, -0.1) is 0 Å². The Kier molecular flexibility index (Phi) is 6.06. The van der Waals surface area contributed by atoms with E-state index in [9.17, 15) is 0 Å². The average Bonchev–Trinajstić information content (AvgIpc) is 2.86. The van der Waals surface area contributed by atoms with E-state index >= 15 is 0 Å². The van der Waals surface area contributed by atoms with Crippen LogP contribution in [0, 0.1) is 5.41 Å². The highest BCUT2D eigenvalue weighted by atomic mass is 16.5. The maximum Gasteiger partial charge on any atom is 0.0632 e. The Morgan fingerprint density at radius 3 is 2.52 bits per heavy atom. The SMILES string of the molecule is CN(C)CCNC[C@@]1(CN2CCCC2)CCOC(C)(C)C1. The quantitative estimate of drug-likeness (QED) is 0.725. The van der Waals surface area contributed by atoms with Crippen molar-refractivity contribution in [3.8, 4) is 0 Å². The van der Waals surface area contributed by atoms with Gasteiger partial charge >= 0.3 is 0 Å². The summed E-state index contributed by atoms with van der Waals surface area (Å²) in [5, 5.41) is 3.72. The molecule has 2 rings (SSSR count). The topological polar surface area (TPSA) is 27.7 Å². The van der Waals surface area contributed by atoms with Gasteiger partial charge in [-0.3, -0.25) is 0 Å². The molecule has 21 heavy (non-hydrogen) atoms. The van der Waals surface area contributed by atoms with Gasteiger partial charge in [0.1, 0.15) is 0 Å². The fourth-order valence-corrected chi connectivity index (χ4v) is 4.00. The van der Waals surface area contributed by atoms with E-state index in [1.165, 1.54) is 45.3 Å². The lowest BCUT2D eigenvalue weighted by molar-refractivity contribution is -0.110. The van der Waals surface area contributed by atoms with Gasteiger partial charge in [0, 0.05) is 38.2 Å². The van der Waals surface area contributed by atoms with Gasteiger partial charge in [0.15, 0.2) is 0 Å². The summed E-state index contributed by atoms with van der Waals surface area (Å²) in [6, 6.07) is 0. The number of hydrogen-bond donors (Lipinski definition) is 1. The summed E-state index contributed by atoms with van der Waals surface area (Å²) in [5.74, 6) is 0. The molecule has 1 N–H and O–H groups in total. The Morgan fingerprint density at radius 2 is 1.90 bits per heavy atom. The molecule has 4 nitrogen and oxygen atoms in total. The number of likely N-dealkylation sites (tertiary alicyclic amines) is 1. The first-order valence-electron chi connectivity index (χ1n) is 8.63. The fraction of sp³-hybridized carbons (Fsp3) is 1.00. The van der Waals surface area contributed by atoms with Gasteiger partial charge in [-0.1, -0.05) is 0 Å². The molecule has 0 spiro atoms. The third-order valence-electron chi connectivity index (χ3n) is 4.92. The Hall–Kier alpha value is -0.160. The maximum atomic E-state index is 5.98. The van der Waals surface area contributed by atoms with Crippen LogP contribution in [-0.4, -0.2) is 75.4 Å². The minimum Gasteiger partial charge on any atom is -0.376 e. The minimum atomic E-state index is 0.0290. The lowest BCUT2D eigenvalue weighted by Gasteiger charge is -2.47. The second kappa shape index (κ2) is 7.40. The first kappa shape index (κ1) is 17.2. The standard InChI is InChI=1S/C17H35N3O/c1-16(2)13-17(7-12-21-16,14-18-8-11-19(3)4)15-20-9-5-6-10-20/h18H,5-15H2,1-4H3/t17-/m1/s1. The van der Waals surface area contributed by atoms with Gasteiger partial charge in [0.05, 0.1) is 5.60 Å². The number of hydrogen-bond acceptors (Lipinski definition) is 4. The molecule has 0 saturated carbocycles. The molecular weight excluding hydrogens is 262 g/mol. The van der Waals surface area contributed by atoms with Crippen molar-refractivity contribution in [2.45, 2.75) is 45.1 Å². The number of nitrogens with one attached hydrogen (secondary N) is 1. The zero-order valence-corrected chi connectivity index (χ0v) is 14.6. The van der Waals surface area contributed by atoms with E-state index in [4.69, 9.17) is 4.74 Å². The van der Waals surface area contributed by atoms with Gasteiger partial charge in [0.25, 0.3) is 0 Å². The van der Waals surface area contributed by atoms with Crippen LogP contribution in [0.4, 0.5) is 0 Å². The molecule has 0 aromatic rings. The summed E-state index contributed by atoms with van der Waals surface area (Å²) in [6.45, 7) is 12.6. The fourth-order valence-electron chi connectivity index (χ4n) is 4.00. The highest BCUT2D eigenvalue weighted by Gasteiger charge is 2.41. The smallest absolute Gasteiger partial charge is 0.0632 e. The summed E-state index contributed by atoms with van der Waals surface area (Å²) >= 11 is 0. The average molecular weight is 297 g/mol. The van der Waals surface area contributed by atoms with Crippen molar-refractivity contribution in [3.63, 3.8) is 0 Å². The molecule has 124 valence electrons. The molecule has 2 saturated heterocycles. The van der Waals surface area contributed by atoms with Gasteiger partial charge in [-0.2, -0.15) is 0 Å². The minimum absolute atomic E-state index is 0.0290. The molecule has 2 fully saturated rings. The van der Waals surface area contributed by atoms with Crippen LogP contribution in [0.2, 0.25) is 0 Å². The van der Waals surface area contributed by atoms with Crippen LogP contribution in [0.25, 0.3) is 0 Å². The monoisotopic (exact) mass is 297 g/mol. The Labute approximate surface area is 131 Å². The summed E-state index contributed by atoms with van der Waals surface area (Å²) in [7, 11) is 4.28. The first-order chi connectivity index (χ1) is 9.91. The van der Waals surface area contributed by atoms with Crippen LogP contribution in [0.1, 0.15) is 39.5 Å². The molecule has 2 aliphatic rings. The Balaban J connectivity index is 1.92. The zero-order valence-electron chi connectivity index (χ0n) is 14.6. The summed E-state index contributed by atoms with van der Waals surface area (Å²) in [6.07, 6.45) is 5.13. The first-order valence-corrected chi connectivity index (χ1v) is 8.63. The van der Waals surface area contributed by atoms with Crippen molar-refractivity contribution >= 4 is 0 Å². The molecule has 0 unspecified atom stereocenters. The molecule has 2 heterocycles. The molecule has 0 aliphatic carbocycles. The Bertz CT molecular complexity index is 313. The van der Waals surface area contributed by atoms with Gasteiger partial charge in [-0.25, -0.2) is 0 Å². The number of ether oxygens (including phenoxy) is 1. The highest BCUT2D eigenvalue weighted by Crippen LogP contribution is 2.39. The lowest BCUT2D eigenvalue weighted by Crippen LogP contribution is -2.52. The summed E-state index contributed by atoms with van der Waals surface area (Å²) in [4.78, 5) is 4.92. The molecule has 0 radical (unpaired) electrons. The molecule has 2 aliphatic heterocycles. The third kappa shape index (κ3) is 5.51. The van der Waals surface area contributed by atoms with Gasteiger partial charge in [-0.05, 0) is 66.7 Å². The van der Waals surface area contributed by atoms with E-state index in [2.05, 4.69) is 43.1 Å². The van der Waals surface area contributed by atoms with Crippen LogP contribution in [-0.2, 0) is 4.74 Å². The van der Waals surface area contributed by atoms with Crippen molar-refractivity contribution in [2.24, 2.45) is 5.41 Å². The molecule has 0 aromatic heterocycles. The third-order valence-corrected chi connectivity index (χ3v) is 4.92. The number of nitrogens with zero attached hydrogens (tertiary/aromatic N) is 2. The van der Waals surface area contributed by atoms with Crippen molar-refractivity contribution in [2.75, 3.05) is 60.0 Å². The molecule has 0 bridgehead atoms. The molecule has 1 atom stereocenters. The number of rotatable bonds is 7. The predicted octanol–water partition coefficient (Wildman–Crippen LogP) is 1.81. The van der Waals surface area contributed by atoms with E-state index in [0.29, 0.717) is 5.41 Å². The molecule has 4 heteroatoms. The van der Waals surface area contributed by atoms with Crippen molar-refractivity contribution in [1.29, 1.82) is 0 Å². The lowest BCUT2D eigenvalue weighted by atomic mass is 9.73. The van der Waals surface area contributed by atoms with Crippen LogP contribution in [0.5, 0.6) is 0 Å². The highest BCUT2D eigenvalue weighted by molar-refractivity contribution is 4.94. The summed E-state index contributed by atoms with van der Waals surface area (Å²) in [5.41, 5.74) is 0.416. The van der Waals surface area contributed by atoms with E-state index in [-0.39, 0.29) is 5.60 Å². The van der Waals surface area contributed by atoms with Gasteiger partial charge < -0.3 is 19.9 Å². The van der Waals surface area contributed by atoms with E-state index in [1.54, 1.807) is 0 Å². The van der Waals surface area contributed by atoms with E-state index in [0.717, 1.165) is 26.2 Å². The van der Waals surface area contributed by atoms with Crippen LogP contribution >= 0.6 is 0 Å². The van der Waals surface area contributed by atoms with Gasteiger partial charge in [0.2, 0.25) is 0 Å². The number of likely N-dealkylation sites (N-methyl/N-ethyl adjacent to an activating group) is 1. The maximum absolute atomic E-state index is 5.98. The second-order valence-electron chi connectivity index (χ2n) is 8.00. The Morgan fingerprint density at radius 1 is 1.19 bits per heavy atom. The zero-order chi connectivity index (χ0) is 15.3. The van der Waals surface area contributed by atoms with Crippen molar-refractivity contribution in [3.05, 3.63) is 0 Å². The van der Waals surface area contributed by atoms with Crippen LogP contribution in [0.15, 0.2) is 0 Å². The van der Waals surface area contributed by atoms with Crippen LogP contribution < -0.4 is 5.32 Å². The summed E-state index contributed by atoms with van der Waals surface area (Å²) < 4.78 is 5.98. The molecule has 0 aromatic carbocycles.